The van der Waals surface area contributed by atoms with E-state index >= 15 is 0 Å². The maximum absolute atomic E-state index is 13.6. The van der Waals surface area contributed by atoms with E-state index in [0.717, 1.165) is 42.0 Å². The van der Waals surface area contributed by atoms with Gasteiger partial charge in [-0.15, -0.1) is 11.3 Å². The van der Waals surface area contributed by atoms with Crippen molar-refractivity contribution < 1.29 is 19.0 Å². The molecule has 10 nitrogen and oxygen atoms in total. The first-order chi connectivity index (χ1) is 19.9. The van der Waals surface area contributed by atoms with Crippen LogP contribution in [-0.4, -0.2) is 59.2 Å². The Hall–Kier alpha value is -4.25. The number of ether oxygens (including phenoxy) is 3. The van der Waals surface area contributed by atoms with Gasteiger partial charge in [0.15, 0.2) is 22.0 Å². The lowest BCUT2D eigenvalue weighted by Gasteiger charge is -2.17. The molecule has 2 aromatic heterocycles. The van der Waals surface area contributed by atoms with Crippen molar-refractivity contribution in [2.45, 2.75) is 32.7 Å². The minimum absolute atomic E-state index is 0.187. The first kappa shape index (κ1) is 28.3. The Balaban J connectivity index is 1.62. The number of likely N-dealkylation sites (tertiary alicyclic amines) is 1. The first-order valence-electron chi connectivity index (χ1n) is 13.5. The second kappa shape index (κ2) is 12.1. The van der Waals surface area contributed by atoms with Crippen molar-refractivity contribution in [2.24, 2.45) is 12.0 Å². The Labute approximate surface area is 242 Å². The van der Waals surface area contributed by atoms with Gasteiger partial charge in [-0.05, 0) is 44.0 Å². The topological polar surface area (TPSA) is 92.2 Å². The highest BCUT2D eigenvalue weighted by Crippen LogP contribution is 2.41. The lowest BCUT2D eigenvalue weighted by atomic mass is 10.1. The number of carbonyl (C=O) groups is 1. The molecule has 0 spiro atoms. The number of rotatable bonds is 10. The summed E-state index contributed by atoms with van der Waals surface area (Å²) in [5, 5.41) is 2.02. The van der Waals surface area contributed by atoms with Crippen LogP contribution in [0.5, 0.6) is 17.2 Å². The number of para-hydroxylation sites is 1. The quantitative estimate of drug-likeness (QED) is 0.281. The molecule has 216 valence electrons. The number of nitrogens with zero attached hydrogens (tertiary/aromatic N) is 5. The average Bonchev–Trinajstić information content (AvgIpc) is 3.65. The second-order valence-electron chi connectivity index (χ2n) is 9.83. The second-order valence-corrected chi connectivity index (χ2v) is 10.7. The van der Waals surface area contributed by atoms with Crippen LogP contribution in [0.1, 0.15) is 25.0 Å². The molecule has 41 heavy (non-hydrogen) atoms. The third-order valence-corrected chi connectivity index (χ3v) is 8.33. The van der Waals surface area contributed by atoms with Crippen LogP contribution in [0, 0.1) is 6.92 Å². The molecule has 11 heteroatoms. The lowest BCUT2D eigenvalue weighted by Crippen LogP contribution is -2.27. The number of hydrogen-bond donors (Lipinski definition) is 0. The first-order valence-corrected chi connectivity index (χ1v) is 14.4. The van der Waals surface area contributed by atoms with Crippen molar-refractivity contribution in [3.8, 4) is 34.2 Å². The molecule has 2 aromatic carbocycles. The van der Waals surface area contributed by atoms with E-state index in [1.807, 2.05) is 71.4 Å². The van der Waals surface area contributed by atoms with E-state index in [0.29, 0.717) is 47.2 Å². The Morgan fingerprint density at radius 1 is 0.976 bits per heavy atom. The molecular weight excluding hydrogens is 542 g/mol. The minimum atomic E-state index is -0.187. The summed E-state index contributed by atoms with van der Waals surface area (Å²) in [5.74, 6) is 1.81. The summed E-state index contributed by atoms with van der Waals surface area (Å²) >= 11 is 1.46. The number of methoxy groups -OCH3 is 3. The van der Waals surface area contributed by atoms with Gasteiger partial charge in [0.2, 0.25) is 11.7 Å². The van der Waals surface area contributed by atoms with Crippen molar-refractivity contribution in [1.29, 1.82) is 0 Å². The summed E-state index contributed by atoms with van der Waals surface area (Å²) in [5.41, 5.74) is 3.50. The predicted molar refractivity (Wildman–Crippen MR) is 159 cm³/mol. The van der Waals surface area contributed by atoms with Gasteiger partial charge in [-0.25, -0.2) is 9.67 Å². The van der Waals surface area contributed by atoms with Gasteiger partial charge in [0, 0.05) is 44.0 Å². The fourth-order valence-corrected chi connectivity index (χ4v) is 6.17. The molecule has 1 saturated heterocycles. The van der Waals surface area contributed by atoms with Crippen LogP contribution in [0.2, 0.25) is 0 Å². The highest BCUT2D eigenvalue weighted by Gasteiger charge is 2.21. The smallest absolute Gasteiger partial charge is 0.297 e. The van der Waals surface area contributed by atoms with Crippen LogP contribution in [0.3, 0.4) is 0 Å². The van der Waals surface area contributed by atoms with Crippen molar-refractivity contribution >= 4 is 22.9 Å². The van der Waals surface area contributed by atoms with E-state index < -0.39 is 0 Å². The Morgan fingerprint density at radius 3 is 2.29 bits per heavy atom. The fourth-order valence-electron chi connectivity index (χ4n) is 5.23. The number of hydrogen-bond acceptors (Lipinski definition) is 7. The third kappa shape index (κ3) is 5.41. The fraction of sp³-hybridized carbons (Fsp3) is 0.367. The zero-order chi connectivity index (χ0) is 29.1. The Morgan fingerprint density at radius 2 is 1.68 bits per heavy atom. The third-order valence-electron chi connectivity index (χ3n) is 7.47. The van der Waals surface area contributed by atoms with Crippen molar-refractivity contribution in [2.75, 3.05) is 34.4 Å². The summed E-state index contributed by atoms with van der Waals surface area (Å²) < 4.78 is 22.3. The highest BCUT2D eigenvalue weighted by molar-refractivity contribution is 7.07. The molecule has 1 aliphatic rings. The normalized spacial score (nSPS) is 13.7. The molecule has 1 fully saturated rings. The molecular formula is C30H35N5O5S. The van der Waals surface area contributed by atoms with E-state index in [-0.39, 0.29) is 11.5 Å². The molecule has 0 atom stereocenters. The largest absolute Gasteiger partial charge is 0.493 e. The highest BCUT2D eigenvalue weighted by atomic mass is 32.1. The Bertz CT molecular complexity index is 1660. The van der Waals surface area contributed by atoms with Gasteiger partial charge >= 0.3 is 0 Å². The van der Waals surface area contributed by atoms with Crippen LogP contribution in [0.15, 0.2) is 57.6 Å². The Kier molecular flexibility index (Phi) is 8.34. The van der Waals surface area contributed by atoms with Gasteiger partial charge in [0.25, 0.3) is 5.56 Å². The summed E-state index contributed by atoms with van der Waals surface area (Å²) in [6.07, 6.45) is 2.27. The number of carbonyl (C=O) groups excluding carboxylic acids is 1. The number of thiazole rings is 1. The molecule has 5 rings (SSSR count). The van der Waals surface area contributed by atoms with E-state index in [4.69, 9.17) is 19.2 Å². The zero-order valence-electron chi connectivity index (χ0n) is 24.0. The molecule has 3 heterocycles. The van der Waals surface area contributed by atoms with E-state index in [1.54, 1.807) is 26.0 Å². The number of benzene rings is 2. The molecule has 0 bridgehead atoms. The van der Waals surface area contributed by atoms with Crippen molar-refractivity contribution in [3.63, 3.8) is 0 Å². The van der Waals surface area contributed by atoms with Crippen molar-refractivity contribution in [3.05, 3.63) is 68.7 Å². The summed E-state index contributed by atoms with van der Waals surface area (Å²) in [6.45, 7) is 3.97. The molecule has 1 amide bonds. The maximum atomic E-state index is 13.6. The molecule has 1 aliphatic heterocycles. The predicted octanol–water partition coefficient (Wildman–Crippen LogP) is 4.29. The van der Waals surface area contributed by atoms with Gasteiger partial charge in [-0.3, -0.25) is 14.3 Å². The van der Waals surface area contributed by atoms with Gasteiger partial charge in [-0.1, -0.05) is 18.2 Å². The molecule has 0 unspecified atom stereocenters. The van der Waals surface area contributed by atoms with Crippen LogP contribution in [-0.2, 0) is 18.4 Å². The number of aromatic nitrogens is 3. The molecule has 4 aromatic rings. The van der Waals surface area contributed by atoms with E-state index in [2.05, 4.69) is 4.57 Å². The molecule has 0 aliphatic carbocycles. The van der Waals surface area contributed by atoms with Crippen LogP contribution in [0.4, 0.5) is 5.69 Å². The summed E-state index contributed by atoms with van der Waals surface area (Å²) in [4.78, 5) is 33.4. The van der Waals surface area contributed by atoms with Crippen molar-refractivity contribution in [1.82, 2.24) is 18.8 Å². The summed E-state index contributed by atoms with van der Waals surface area (Å²) in [6, 6.07) is 13.3. The van der Waals surface area contributed by atoms with E-state index in [9.17, 15) is 9.59 Å². The standard InChI is InChI=1S/C30H35N5O5S/c1-20-27(29(37)35(32(20)2)22-11-7-6-8-12-22)31-30-34(16-10-15-33-14-9-13-26(33)36)23(19-41-30)21-17-24(38-3)28(40-5)25(18-21)39-4/h6-8,11-12,17-19H,9-10,13-16H2,1-5H3. The number of amides is 1. The minimum Gasteiger partial charge on any atom is -0.493 e. The molecule has 0 N–H and O–H groups in total. The molecule has 0 saturated carbocycles. The van der Waals surface area contributed by atoms with Gasteiger partial charge in [0.1, 0.15) is 0 Å². The lowest BCUT2D eigenvalue weighted by molar-refractivity contribution is -0.127. The van der Waals surface area contributed by atoms with E-state index in [1.165, 1.54) is 11.3 Å². The van der Waals surface area contributed by atoms with Crippen LogP contribution in [0.25, 0.3) is 16.9 Å². The average molecular weight is 578 g/mol. The zero-order valence-corrected chi connectivity index (χ0v) is 24.9. The maximum Gasteiger partial charge on any atom is 0.297 e. The van der Waals surface area contributed by atoms with Crippen LogP contribution >= 0.6 is 11.3 Å². The van der Waals surface area contributed by atoms with Gasteiger partial charge in [0.05, 0.1) is 38.4 Å². The molecule has 0 radical (unpaired) electrons. The summed E-state index contributed by atoms with van der Waals surface area (Å²) in [7, 11) is 6.62. The van der Waals surface area contributed by atoms with Crippen LogP contribution < -0.4 is 24.6 Å². The SMILES string of the molecule is COc1cc(-c2csc(=Nc3c(C)n(C)n(-c4ccccc4)c3=O)n2CCCN2CCCC2=O)cc(OC)c1OC. The van der Waals surface area contributed by atoms with Gasteiger partial charge in [-0.2, -0.15) is 0 Å². The van der Waals surface area contributed by atoms with Gasteiger partial charge < -0.3 is 23.7 Å². The monoisotopic (exact) mass is 577 g/mol.